The Kier molecular flexibility index (Phi) is 4.21. The fraction of sp³-hybridized carbons (Fsp3) is 0.308. The minimum atomic E-state index is -3.12. The second-order valence-corrected chi connectivity index (χ2v) is 7.44. The molecule has 0 radical (unpaired) electrons. The van der Waals surface area contributed by atoms with Crippen LogP contribution in [0.2, 0.25) is 0 Å². The van der Waals surface area contributed by atoms with Gasteiger partial charge in [-0.15, -0.1) is 11.3 Å². The predicted octanol–water partition coefficient (Wildman–Crippen LogP) is 2.72. The van der Waals surface area contributed by atoms with Crippen molar-refractivity contribution in [2.75, 3.05) is 11.6 Å². The highest BCUT2D eigenvalue weighted by Crippen LogP contribution is 2.17. The van der Waals surface area contributed by atoms with Crippen molar-refractivity contribution in [2.45, 2.75) is 24.8 Å². The van der Waals surface area contributed by atoms with Gasteiger partial charge in [-0.1, -0.05) is 6.92 Å². The van der Waals surface area contributed by atoms with E-state index in [0.717, 1.165) is 17.1 Å². The average molecular weight is 296 g/mol. The standard InChI is InChI=1S/C13H16N2O2S2/c1-3-11-8-15-13(18-11)9-14-10-4-6-12(7-5-10)19(2,16)17/h4-8,14H,3,9H2,1-2H3. The lowest BCUT2D eigenvalue weighted by Gasteiger charge is -2.05. The van der Waals surface area contributed by atoms with Crippen molar-refractivity contribution >= 4 is 26.9 Å². The SMILES string of the molecule is CCc1cnc(CNc2ccc(S(C)(=O)=O)cc2)s1. The van der Waals surface area contributed by atoms with E-state index in [1.807, 2.05) is 6.20 Å². The molecule has 0 fully saturated rings. The van der Waals surface area contributed by atoms with Crippen LogP contribution in [-0.4, -0.2) is 19.7 Å². The molecule has 0 spiro atoms. The van der Waals surface area contributed by atoms with E-state index in [1.165, 1.54) is 11.1 Å². The molecule has 0 aliphatic carbocycles. The number of aromatic nitrogens is 1. The van der Waals surface area contributed by atoms with E-state index in [2.05, 4.69) is 17.2 Å². The topological polar surface area (TPSA) is 59.1 Å². The third kappa shape index (κ3) is 3.78. The summed E-state index contributed by atoms with van der Waals surface area (Å²) in [5.41, 5.74) is 0.889. The molecule has 0 aliphatic rings. The fourth-order valence-electron chi connectivity index (χ4n) is 1.59. The third-order valence-electron chi connectivity index (χ3n) is 2.68. The molecule has 0 aliphatic heterocycles. The number of nitrogens with zero attached hydrogens (tertiary/aromatic N) is 1. The number of rotatable bonds is 5. The molecule has 6 heteroatoms. The summed E-state index contributed by atoms with van der Waals surface area (Å²) in [5, 5.41) is 4.26. The van der Waals surface area contributed by atoms with Crippen molar-refractivity contribution in [1.82, 2.24) is 4.98 Å². The molecule has 1 N–H and O–H groups in total. The summed E-state index contributed by atoms with van der Waals surface area (Å²) < 4.78 is 22.7. The van der Waals surface area contributed by atoms with Gasteiger partial charge in [0.1, 0.15) is 5.01 Å². The molecule has 2 aromatic rings. The summed E-state index contributed by atoms with van der Waals surface area (Å²) in [6.07, 6.45) is 4.10. The largest absolute Gasteiger partial charge is 0.379 e. The van der Waals surface area contributed by atoms with E-state index in [-0.39, 0.29) is 0 Å². The molecule has 0 atom stereocenters. The van der Waals surface area contributed by atoms with Gasteiger partial charge in [-0.3, -0.25) is 0 Å². The minimum Gasteiger partial charge on any atom is -0.379 e. The van der Waals surface area contributed by atoms with Crippen LogP contribution in [0, 0.1) is 0 Å². The van der Waals surface area contributed by atoms with Crippen LogP contribution in [0.5, 0.6) is 0 Å². The van der Waals surface area contributed by atoms with E-state index in [0.29, 0.717) is 11.4 Å². The summed E-state index contributed by atoms with van der Waals surface area (Å²) in [6.45, 7) is 2.76. The molecule has 0 unspecified atom stereocenters. The van der Waals surface area contributed by atoms with Gasteiger partial charge in [-0.05, 0) is 30.7 Å². The lowest BCUT2D eigenvalue weighted by atomic mass is 10.3. The maximum Gasteiger partial charge on any atom is 0.175 e. The van der Waals surface area contributed by atoms with E-state index in [1.54, 1.807) is 35.6 Å². The zero-order valence-corrected chi connectivity index (χ0v) is 12.5. The van der Waals surface area contributed by atoms with Gasteiger partial charge in [-0.25, -0.2) is 13.4 Å². The predicted molar refractivity (Wildman–Crippen MR) is 78.4 cm³/mol. The van der Waals surface area contributed by atoms with Crippen LogP contribution in [0.15, 0.2) is 35.4 Å². The summed E-state index contributed by atoms with van der Waals surface area (Å²) in [5.74, 6) is 0. The van der Waals surface area contributed by atoms with Gasteiger partial charge in [0.25, 0.3) is 0 Å². The molecule has 1 aromatic heterocycles. The van der Waals surface area contributed by atoms with Crippen LogP contribution in [0.3, 0.4) is 0 Å². The molecule has 1 aromatic carbocycles. The Bertz CT molecular complexity index is 646. The molecule has 102 valence electrons. The molecular weight excluding hydrogens is 280 g/mol. The Labute approximate surface area is 117 Å². The van der Waals surface area contributed by atoms with Crippen molar-refractivity contribution < 1.29 is 8.42 Å². The Morgan fingerprint density at radius 3 is 2.47 bits per heavy atom. The maximum atomic E-state index is 11.3. The van der Waals surface area contributed by atoms with Crippen molar-refractivity contribution in [3.05, 3.63) is 40.3 Å². The molecule has 0 amide bonds. The van der Waals surface area contributed by atoms with Crippen LogP contribution < -0.4 is 5.32 Å². The summed E-state index contributed by atoms with van der Waals surface area (Å²) in [6, 6.07) is 6.75. The van der Waals surface area contributed by atoms with Crippen molar-refractivity contribution in [3.63, 3.8) is 0 Å². The van der Waals surface area contributed by atoms with Crippen LogP contribution in [-0.2, 0) is 22.8 Å². The molecule has 19 heavy (non-hydrogen) atoms. The Hall–Kier alpha value is -1.40. The first-order valence-electron chi connectivity index (χ1n) is 5.96. The minimum absolute atomic E-state index is 0.334. The first-order chi connectivity index (χ1) is 8.99. The smallest absolute Gasteiger partial charge is 0.175 e. The van der Waals surface area contributed by atoms with E-state index in [9.17, 15) is 8.42 Å². The highest BCUT2D eigenvalue weighted by Gasteiger charge is 2.06. The normalized spacial score (nSPS) is 11.5. The summed E-state index contributed by atoms with van der Waals surface area (Å²) >= 11 is 1.69. The number of sulfone groups is 1. The van der Waals surface area contributed by atoms with Crippen molar-refractivity contribution in [3.8, 4) is 0 Å². The average Bonchev–Trinajstić information content (AvgIpc) is 2.84. The van der Waals surface area contributed by atoms with E-state index < -0.39 is 9.84 Å². The van der Waals surface area contributed by atoms with Crippen LogP contribution >= 0.6 is 11.3 Å². The summed E-state index contributed by atoms with van der Waals surface area (Å²) in [7, 11) is -3.12. The van der Waals surface area contributed by atoms with Crippen LogP contribution in [0.1, 0.15) is 16.8 Å². The van der Waals surface area contributed by atoms with Gasteiger partial charge in [0.2, 0.25) is 0 Å². The quantitative estimate of drug-likeness (QED) is 0.921. The van der Waals surface area contributed by atoms with Crippen LogP contribution in [0.4, 0.5) is 5.69 Å². The highest BCUT2D eigenvalue weighted by molar-refractivity contribution is 7.90. The number of hydrogen-bond donors (Lipinski definition) is 1. The lowest BCUT2D eigenvalue weighted by Crippen LogP contribution is -2.00. The molecule has 0 saturated heterocycles. The highest BCUT2D eigenvalue weighted by atomic mass is 32.2. The van der Waals surface area contributed by atoms with Gasteiger partial charge in [0, 0.05) is 23.0 Å². The van der Waals surface area contributed by atoms with Gasteiger partial charge >= 0.3 is 0 Å². The van der Waals surface area contributed by atoms with Gasteiger partial charge in [0.05, 0.1) is 11.4 Å². The number of benzene rings is 1. The number of aryl methyl sites for hydroxylation is 1. The molecular formula is C13H16N2O2S2. The fourth-order valence-corrected chi connectivity index (χ4v) is 3.02. The van der Waals surface area contributed by atoms with Crippen molar-refractivity contribution in [2.24, 2.45) is 0 Å². The Balaban J connectivity index is 2.00. The molecule has 0 saturated carbocycles. The lowest BCUT2D eigenvalue weighted by molar-refractivity contribution is 0.602. The monoisotopic (exact) mass is 296 g/mol. The Morgan fingerprint density at radius 2 is 1.95 bits per heavy atom. The third-order valence-corrected chi connectivity index (χ3v) is 4.95. The van der Waals surface area contributed by atoms with E-state index in [4.69, 9.17) is 0 Å². The first kappa shape index (κ1) is 14.0. The maximum absolute atomic E-state index is 11.3. The number of anilines is 1. The molecule has 2 rings (SSSR count). The Morgan fingerprint density at radius 1 is 1.26 bits per heavy atom. The van der Waals surface area contributed by atoms with Gasteiger partial charge in [-0.2, -0.15) is 0 Å². The second-order valence-electron chi connectivity index (χ2n) is 4.22. The number of thiazole rings is 1. The van der Waals surface area contributed by atoms with Gasteiger partial charge < -0.3 is 5.32 Å². The number of hydrogen-bond acceptors (Lipinski definition) is 5. The van der Waals surface area contributed by atoms with Gasteiger partial charge in [0.15, 0.2) is 9.84 Å². The van der Waals surface area contributed by atoms with Crippen molar-refractivity contribution in [1.29, 1.82) is 0 Å². The van der Waals surface area contributed by atoms with Crippen LogP contribution in [0.25, 0.3) is 0 Å². The molecule has 1 heterocycles. The number of nitrogens with one attached hydrogen (secondary N) is 1. The summed E-state index contributed by atoms with van der Waals surface area (Å²) in [4.78, 5) is 5.92. The second kappa shape index (κ2) is 5.71. The van der Waals surface area contributed by atoms with E-state index >= 15 is 0 Å². The molecule has 0 bridgehead atoms. The first-order valence-corrected chi connectivity index (χ1v) is 8.67. The zero-order chi connectivity index (χ0) is 13.9. The zero-order valence-electron chi connectivity index (χ0n) is 10.9. The molecule has 4 nitrogen and oxygen atoms in total.